The number of nitrogens with one attached hydrogen (secondary N) is 2. The number of carbonyl (C=O) groups excluding carboxylic acids is 1. The third kappa shape index (κ3) is 5.02. The topological polar surface area (TPSA) is 50.4 Å². The summed E-state index contributed by atoms with van der Waals surface area (Å²) in [7, 11) is 1.60. The SMILES string of the molecule is COc1ccc(CNCCCC(=O)NC2CC2)cc1Cl. The first-order valence-electron chi connectivity index (χ1n) is 7.01. The molecule has 1 aliphatic carbocycles. The van der Waals surface area contributed by atoms with Gasteiger partial charge in [-0.15, -0.1) is 0 Å². The average Bonchev–Trinajstić information content (AvgIpc) is 3.22. The molecule has 0 bridgehead atoms. The van der Waals surface area contributed by atoms with E-state index in [0.29, 0.717) is 23.2 Å². The van der Waals surface area contributed by atoms with Gasteiger partial charge in [0.15, 0.2) is 0 Å². The van der Waals surface area contributed by atoms with Crippen molar-refractivity contribution in [3.05, 3.63) is 28.8 Å². The van der Waals surface area contributed by atoms with E-state index in [1.54, 1.807) is 7.11 Å². The number of ether oxygens (including phenoxy) is 1. The minimum atomic E-state index is 0.168. The average molecular weight is 297 g/mol. The fourth-order valence-electron chi connectivity index (χ4n) is 1.95. The van der Waals surface area contributed by atoms with Crippen LogP contribution in [0.1, 0.15) is 31.2 Å². The third-order valence-corrected chi connectivity index (χ3v) is 3.54. The van der Waals surface area contributed by atoms with Gasteiger partial charge in [0, 0.05) is 19.0 Å². The number of hydrogen-bond acceptors (Lipinski definition) is 3. The molecule has 0 unspecified atom stereocenters. The third-order valence-electron chi connectivity index (χ3n) is 3.25. The second-order valence-corrected chi connectivity index (χ2v) is 5.50. The molecule has 1 aromatic rings. The molecule has 20 heavy (non-hydrogen) atoms. The molecule has 0 aliphatic heterocycles. The minimum absolute atomic E-state index is 0.168. The van der Waals surface area contributed by atoms with Crippen LogP contribution in [0.5, 0.6) is 5.75 Å². The van der Waals surface area contributed by atoms with Crippen molar-refractivity contribution in [3.63, 3.8) is 0 Å². The number of methoxy groups -OCH3 is 1. The maximum Gasteiger partial charge on any atom is 0.220 e. The Bertz CT molecular complexity index is 461. The van der Waals surface area contributed by atoms with Gasteiger partial charge in [-0.2, -0.15) is 0 Å². The standard InChI is InChI=1S/C15H21ClN2O2/c1-20-14-7-4-11(9-13(14)16)10-17-8-2-3-15(19)18-12-5-6-12/h4,7,9,12,17H,2-3,5-6,8,10H2,1H3,(H,18,19). The first-order valence-corrected chi connectivity index (χ1v) is 7.39. The summed E-state index contributed by atoms with van der Waals surface area (Å²) in [6.07, 6.45) is 3.72. The summed E-state index contributed by atoms with van der Waals surface area (Å²) in [5.74, 6) is 0.856. The summed E-state index contributed by atoms with van der Waals surface area (Å²) in [5.41, 5.74) is 1.11. The summed E-state index contributed by atoms with van der Waals surface area (Å²) in [6, 6.07) is 6.20. The normalized spacial score (nSPS) is 14.1. The summed E-state index contributed by atoms with van der Waals surface area (Å²) in [6.45, 7) is 1.57. The van der Waals surface area contributed by atoms with Gasteiger partial charge in [0.2, 0.25) is 5.91 Å². The van der Waals surface area contributed by atoms with Crippen LogP contribution in [0.4, 0.5) is 0 Å². The second kappa shape index (κ2) is 7.50. The highest BCUT2D eigenvalue weighted by Crippen LogP contribution is 2.24. The maximum absolute atomic E-state index is 11.5. The van der Waals surface area contributed by atoms with Crippen LogP contribution in [0.15, 0.2) is 18.2 Å². The molecule has 0 saturated heterocycles. The van der Waals surface area contributed by atoms with Crippen molar-refractivity contribution in [2.45, 2.75) is 38.3 Å². The van der Waals surface area contributed by atoms with Gasteiger partial charge < -0.3 is 15.4 Å². The quantitative estimate of drug-likeness (QED) is 0.725. The zero-order valence-electron chi connectivity index (χ0n) is 11.7. The van der Waals surface area contributed by atoms with Crippen molar-refractivity contribution < 1.29 is 9.53 Å². The van der Waals surface area contributed by atoms with E-state index >= 15 is 0 Å². The van der Waals surface area contributed by atoms with Crippen molar-refractivity contribution in [3.8, 4) is 5.75 Å². The van der Waals surface area contributed by atoms with Crippen LogP contribution in [0.25, 0.3) is 0 Å². The van der Waals surface area contributed by atoms with Crippen LogP contribution >= 0.6 is 11.6 Å². The molecule has 4 nitrogen and oxygen atoms in total. The second-order valence-electron chi connectivity index (χ2n) is 5.09. The zero-order valence-corrected chi connectivity index (χ0v) is 12.5. The van der Waals surface area contributed by atoms with Crippen LogP contribution in [0.3, 0.4) is 0 Å². The van der Waals surface area contributed by atoms with E-state index in [9.17, 15) is 4.79 Å². The lowest BCUT2D eigenvalue weighted by Gasteiger charge is -2.08. The van der Waals surface area contributed by atoms with Crippen LogP contribution in [0.2, 0.25) is 5.02 Å². The molecule has 0 radical (unpaired) electrons. The van der Waals surface area contributed by atoms with E-state index in [4.69, 9.17) is 16.3 Å². The molecule has 0 atom stereocenters. The molecule has 1 saturated carbocycles. The Morgan fingerprint density at radius 1 is 1.45 bits per heavy atom. The summed E-state index contributed by atoms with van der Waals surface area (Å²) in [4.78, 5) is 11.5. The van der Waals surface area contributed by atoms with Gasteiger partial charge in [-0.1, -0.05) is 17.7 Å². The van der Waals surface area contributed by atoms with Crippen molar-refractivity contribution in [2.75, 3.05) is 13.7 Å². The Labute approximate surface area is 124 Å². The lowest BCUT2D eigenvalue weighted by molar-refractivity contribution is -0.121. The summed E-state index contributed by atoms with van der Waals surface area (Å²) in [5, 5.41) is 6.92. The van der Waals surface area contributed by atoms with Crippen LogP contribution in [-0.4, -0.2) is 25.6 Å². The molecule has 1 aromatic carbocycles. The molecule has 2 N–H and O–H groups in total. The molecule has 0 spiro atoms. The number of amides is 1. The molecule has 1 amide bonds. The zero-order chi connectivity index (χ0) is 14.4. The van der Waals surface area contributed by atoms with E-state index in [1.165, 1.54) is 0 Å². The minimum Gasteiger partial charge on any atom is -0.495 e. The maximum atomic E-state index is 11.5. The Kier molecular flexibility index (Phi) is 5.68. The molecule has 2 rings (SSSR count). The first kappa shape index (κ1) is 15.1. The predicted octanol–water partition coefficient (Wildman–Crippen LogP) is 2.50. The van der Waals surface area contributed by atoms with E-state index in [0.717, 1.165) is 37.9 Å². The van der Waals surface area contributed by atoms with Crippen LogP contribution < -0.4 is 15.4 Å². The predicted molar refractivity (Wildman–Crippen MR) is 80.1 cm³/mol. The molecule has 0 heterocycles. The molecular formula is C15H21ClN2O2. The van der Waals surface area contributed by atoms with Gasteiger partial charge in [0.05, 0.1) is 12.1 Å². The van der Waals surface area contributed by atoms with Crippen molar-refractivity contribution in [1.82, 2.24) is 10.6 Å². The van der Waals surface area contributed by atoms with E-state index < -0.39 is 0 Å². The van der Waals surface area contributed by atoms with Gasteiger partial charge in [-0.25, -0.2) is 0 Å². The molecule has 1 aliphatic rings. The number of benzene rings is 1. The lowest BCUT2D eigenvalue weighted by atomic mass is 10.2. The van der Waals surface area contributed by atoms with Gasteiger partial charge in [-0.3, -0.25) is 4.79 Å². The number of halogens is 1. The van der Waals surface area contributed by atoms with E-state index in [1.807, 2.05) is 18.2 Å². The van der Waals surface area contributed by atoms with Crippen LogP contribution in [-0.2, 0) is 11.3 Å². The van der Waals surface area contributed by atoms with Crippen molar-refractivity contribution in [2.24, 2.45) is 0 Å². The number of hydrogen-bond donors (Lipinski definition) is 2. The van der Waals surface area contributed by atoms with E-state index in [-0.39, 0.29) is 5.91 Å². The first-order chi connectivity index (χ1) is 9.69. The molecule has 5 heteroatoms. The Morgan fingerprint density at radius 3 is 2.90 bits per heavy atom. The van der Waals surface area contributed by atoms with Gasteiger partial charge in [0.25, 0.3) is 0 Å². The Morgan fingerprint density at radius 2 is 2.25 bits per heavy atom. The van der Waals surface area contributed by atoms with Crippen molar-refractivity contribution in [1.29, 1.82) is 0 Å². The number of carbonyl (C=O) groups is 1. The van der Waals surface area contributed by atoms with E-state index in [2.05, 4.69) is 10.6 Å². The summed E-state index contributed by atoms with van der Waals surface area (Å²) < 4.78 is 5.11. The highest BCUT2D eigenvalue weighted by molar-refractivity contribution is 6.32. The Balaban J connectivity index is 1.60. The van der Waals surface area contributed by atoms with Crippen molar-refractivity contribution >= 4 is 17.5 Å². The monoisotopic (exact) mass is 296 g/mol. The Hall–Kier alpha value is -1.26. The molecule has 0 aromatic heterocycles. The number of rotatable bonds is 8. The summed E-state index contributed by atoms with van der Waals surface area (Å²) >= 11 is 6.06. The van der Waals surface area contributed by atoms with Gasteiger partial charge >= 0.3 is 0 Å². The smallest absolute Gasteiger partial charge is 0.220 e. The lowest BCUT2D eigenvalue weighted by Crippen LogP contribution is -2.26. The molecule has 110 valence electrons. The van der Waals surface area contributed by atoms with Gasteiger partial charge in [-0.05, 0) is 43.5 Å². The highest BCUT2D eigenvalue weighted by atomic mass is 35.5. The largest absolute Gasteiger partial charge is 0.495 e. The van der Waals surface area contributed by atoms with Gasteiger partial charge in [0.1, 0.15) is 5.75 Å². The highest BCUT2D eigenvalue weighted by Gasteiger charge is 2.22. The fraction of sp³-hybridized carbons (Fsp3) is 0.533. The fourth-order valence-corrected chi connectivity index (χ4v) is 2.23. The molecule has 1 fully saturated rings. The van der Waals surface area contributed by atoms with Crippen LogP contribution in [0, 0.1) is 0 Å². The molecular weight excluding hydrogens is 276 g/mol.